The van der Waals surface area contributed by atoms with Gasteiger partial charge in [-0.3, -0.25) is 0 Å². The van der Waals surface area contributed by atoms with E-state index in [-0.39, 0.29) is 0 Å². The van der Waals surface area contributed by atoms with Crippen LogP contribution in [0.3, 0.4) is 0 Å². The molecule has 6 nitrogen and oxygen atoms in total. The molecule has 0 radical (unpaired) electrons. The lowest BCUT2D eigenvalue weighted by Gasteiger charge is -2.46. The topological polar surface area (TPSA) is 116 Å². The van der Waals surface area contributed by atoms with Crippen LogP contribution in [-0.2, 0) is 4.74 Å². The highest BCUT2D eigenvalue weighted by Crippen LogP contribution is 2.31. The van der Waals surface area contributed by atoms with Crippen molar-refractivity contribution in [2.45, 2.75) is 133 Å². The maximum atomic E-state index is 10.7. The Morgan fingerprint density at radius 3 is 1.68 bits per heavy atom. The van der Waals surface area contributed by atoms with E-state index in [1.807, 2.05) is 0 Å². The number of nitrogens with two attached hydrogens (primary N) is 1. The molecular weight excluding hydrogens is 358 g/mol. The summed E-state index contributed by atoms with van der Waals surface area (Å²) in [4.78, 5) is 0. The van der Waals surface area contributed by atoms with Gasteiger partial charge in [0.2, 0.25) is 0 Å². The summed E-state index contributed by atoms with van der Waals surface area (Å²) >= 11 is 0. The summed E-state index contributed by atoms with van der Waals surface area (Å²) < 4.78 is 13.6. The van der Waals surface area contributed by atoms with Gasteiger partial charge in [-0.25, -0.2) is 0 Å². The second-order valence-corrected chi connectivity index (χ2v) is 8.33. The first-order valence-corrected chi connectivity index (χ1v) is 11.4. The van der Waals surface area contributed by atoms with Crippen LogP contribution in [-0.4, -0.2) is 57.2 Å². The minimum Gasteiger partial charge on any atom is -0.394 e. The molecule has 1 aliphatic rings. The van der Waals surface area contributed by atoms with E-state index in [4.69, 9.17) is 11.8 Å². The fraction of sp³-hybridized carbons (Fsp3) is 1.00. The predicted molar refractivity (Wildman–Crippen MR) is 112 cm³/mol. The molecule has 0 aliphatic carbocycles. The average molecular weight is 405 g/mol. The number of aliphatic hydroxyl groups excluding tert-OH is 3. The third kappa shape index (κ3) is 9.06. The van der Waals surface area contributed by atoms with Crippen molar-refractivity contribution >= 4 is 0 Å². The van der Waals surface area contributed by atoms with Crippen LogP contribution >= 0.6 is 0 Å². The molecule has 6 N–H and O–H groups in total. The summed E-state index contributed by atoms with van der Waals surface area (Å²) in [5, 5.41) is 39.8. The van der Waals surface area contributed by atoms with Crippen LogP contribution in [0, 0.1) is 0 Å². The van der Waals surface area contributed by atoms with Gasteiger partial charge in [0, 0.05) is 7.77 Å². The van der Waals surface area contributed by atoms with E-state index in [0.29, 0.717) is 6.42 Å². The molecule has 0 aromatic rings. The van der Waals surface area contributed by atoms with Crippen molar-refractivity contribution in [3.63, 3.8) is 0 Å². The minimum absolute atomic E-state index is 0.392. The Morgan fingerprint density at radius 1 is 0.821 bits per heavy atom. The minimum atomic E-state index is -2.07. The van der Waals surface area contributed by atoms with Crippen LogP contribution in [0.15, 0.2) is 0 Å². The molecule has 0 aromatic heterocycles. The van der Waals surface area contributed by atoms with Crippen molar-refractivity contribution in [1.29, 1.82) is 0 Å². The van der Waals surface area contributed by atoms with E-state index in [1.165, 1.54) is 64.2 Å². The Bertz CT molecular complexity index is 415. The molecule has 0 spiro atoms. The first-order valence-electron chi connectivity index (χ1n) is 12.0. The lowest BCUT2D eigenvalue weighted by Crippen LogP contribution is -2.68. The van der Waals surface area contributed by atoms with E-state index in [0.717, 1.165) is 19.3 Å². The normalized spacial score (nSPS) is 32.3. The molecule has 0 aromatic carbocycles. The molecule has 0 bridgehead atoms. The molecule has 1 saturated heterocycles. The smallest absolute Gasteiger partial charge is 0.184 e. The highest BCUT2D eigenvalue weighted by atomic mass is 16.6. The Morgan fingerprint density at radius 2 is 1.25 bits per heavy atom. The van der Waals surface area contributed by atoms with Crippen molar-refractivity contribution < 1.29 is 26.5 Å². The quantitative estimate of drug-likeness (QED) is 0.253. The van der Waals surface area contributed by atoms with E-state index in [1.54, 1.807) is 0 Å². The zero-order valence-electron chi connectivity index (χ0n) is 18.8. The molecule has 6 atom stereocenters. The number of aliphatic hydroxyl groups is 4. The molecule has 1 aliphatic heterocycles. The SMILES string of the molecule is [2H]C(CCCCCCCCCCCCCCC)C1(O)O[C@H](CO)[C@@H](O)[C@H](O)[C@H]1N. The standard InChI is InChI=1S/C22H45NO5/c1-2-3-4-5-6-7-8-9-10-11-12-13-14-15-16-22(27)21(23)20(26)19(25)18(17-24)28-22/h18-21,24-27H,2-17,23H2,1H3/t18-,19-,20+,21-,22?/m1/s1/i16D/t16?,18-,19-,20+,21-,22?. The summed E-state index contributed by atoms with van der Waals surface area (Å²) in [5.41, 5.74) is 5.82. The second kappa shape index (κ2) is 14.7. The van der Waals surface area contributed by atoms with Crippen molar-refractivity contribution in [2.24, 2.45) is 5.73 Å². The van der Waals surface area contributed by atoms with Crippen molar-refractivity contribution in [3.05, 3.63) is 0 Å². The molecular formula is C22H45NO5. The van der Waals surface area contributed by atoms with Crippen molar-refractivity contribution in [2.75, 3.05) is 6.61 Å². The van der Waals surface area contributed by atoms with Crippen LogP contribution in [0.2, 0.25) is 0 Å². The number of ether oxygens (including phenoxy) is 1. The van der Waals surface area contributed by atoms with Crippen molar-refractivity contribution in [1.82, 2.24) is 0 Å². The van der Waals surface area contributed by atoms with E-state index in [9.17, 15) is 20.4 Å². The highest BCUT2D eigenvalue weighted by Gasteiger charge is 2.50. The summed E-state index contributed by atoms with van der Waals surface area (Å²) in [6, 6.07) is -1.29. The van der Waals surface area contributed by atoms with E-state index in [2.05, 4.69) is 6.92 Å². The van der Waals surface area contributed by atoms with Gasteiger partial charge < -0.3 is 30.9 Å². The summed E-state index contributed by atoms with van der Waals surface area (Å²) in [6.45, 7) is 1.69. The number of hydrogen-bond acceptors (Lipinski definition) is 6. The van der Waals surface area contributed by atoms with Crippen LogP contribution in [0.4, 0.5) is 0 Å². The number of hydrogen-bond donors (Lipinski definition) is 5. The van der Waals surface area contributed by atoms with Gasteiger partial charge in [-0.15, -0.1) is 0 Å². The second-order valence-electron chi connectivity index (χ2n) is 8.33. The molecule has 6 heteroatoms. The fourth-order valence-corrected chi connectivity index (χ4v) is 3.87. The van der Waals surface area contributed by atoms with Crippen molar-refractivity contribution in [3.8, 4) is 0 Å². The molecule has 1 fully saturated rings. The van der Waals surface area contributed by atoms with Crippen LogP contribution in [0.25, 0.3) is 0 Å². The predicted octanol–water partition coefficient (Wildman–Crippen LogP) is 2.99. The highest BCUT2D eigenvalue weighted by molar-refractivity contribution is 4.98. The summed E-state index contributed by atoms with van der Waals surface area (Å²) in [7, 11) is 0. The number of rotatable bonds is 16. The van der Waals surface area contributed by atoms with Gasteiger partial charge in [0.15, 0.2) is 5.79 Å². The molecule has 168 valence electrons. The molecule has 0 amide bonds. The molecule has 2 unspecified atom stereocenters. The zero-order valence-corrected chi connectivity index (χ0v) is 17.8. The van der Waals surface area contributed by atoms with Gasteiger partial charge in [-0.1, -0.05) is 90.4 Å². The van der Waals surface area contributed by atoms with Gasteiger partial charge in [-0.05, 0) is 6.42 Å². The van der Waals surface area contributed by atoms with Gasteiger partial charge in [0.1, 0.15) is 18.3 Å². The van der Waals surface area contributed by atoms with E-state index < -0.39 is 43.1 Å². The van der Waals surface area contributed by atoms with Gasteiger partial charge >= 0.3 is 0 Å². The van der Waals surface area contributed by atoms with Gasteiger partial charge in [0.05, 0.1) is 12.6 Å². The number of unbranched alkanes of at least 4 members (excludes halogenated alkanes) is 12. The lowest BCUT2D eigenvalue weighted by atomic mass is 9.88. The lowest BCUT2D eigenvalue weighted by molar-refractivity contribution is -0.316. The Labute approximate surface area is 172 Å². The maximum absolute atomic E-state index is 10.7. The van der Waals surface area contributed by atoms with Gasteiger partial charge in [0.25, 0.3) is 0 Å². The first kappa shape index (κ1) is 24.0. The van der Waals surface area contributed by atoms with Crippen LogP contribution in [0.5, 0.6) is 0 Å². The van der Waals surface area contributed by atoms with Crippen LogP contribution < -0.4 is 5.73 Å². The maximum Gasteiger partial charge on any atom is 0.184 e. The fourth-order valence-electron chi connectivity index (χ4n) is 3.87. The van der Waals surface area contributed by atoms with Gasteiger partial charge in [-0.2, -0.15) is 0 Å². The molecule has 1 heterocycles. The monoisotopic (exact) mass is 404 g/mol. The third-order valence-electron chi connectivity index (χ3n) is 5.84. The van der Waals surface area contributed by atoms with Crippen LogP contribution in [0.1, 0.15) is 105 Å². The largest absolute Gasteiger partial charge is 0.394 e. The summed E-state index contributed by atoms with van der Waals surface area (Å²) in [5.74, 6) is -2.07. The molecule has 28 heavy (non-hydrogen) atoms. The zero-order chi connectivity index (χ0) is 21.7. The Kier molecular flexibility index (Phi) is 12.6. The average Bonchev–Trinajstić information content (AvgIpc) is 2.72. The summed E-state index contributed by atoms with van der Waals surface area (Å²) in [6.07, 6.45) is 11.4. The molecule has 1 rings (SSSR count). The third-order valence-corrected chi connectivity index (χ3v) is 5.84. The van der Waals surface area contributed by atoms with E-state index >= 15 is 0 Å². The Balaban J connectivity index is 2.12. The Hall–Kier alpha value is -0.240. The first-order chi connectivity index (χ1) is 13.9. The molecule has 0 saturated carbocycles.